The van der Waals surface area contributed by atoms with Crippen LogP contribution < -0.4 is 5.32 Å². The number of halogens is 1. The van der Waals surface area contributed by atoms with Crippen molar-refractivity contribution >= 4 is 29.2 Å². The van der Waals surface area contributed by atoms with Gasteiger partial charge in [-0.15, -0.1) is 0 Å². The van der Waals surface area contributed by atoms with Gasteiger partial charge in [0.2, 0.25) is 17.6 Å². The number of ether oxygens (including phenoxy) is 1. The molecule has 0 bridgehead atoms. The maximum Gasteiger partial charge on any atom is 0.337 e. The van der Waals surface area contributed by atoms with Gasteiger partial charge in [0.15, 0.2) is 0 Å². The molecule has 0 aliphatic rings. The molecule has 8 heteroatoms. The van der Waals surface area contributed by atoms with E-state index in [9.17, 15) is 9.59 Å². The van der Waals surface area contributed by atoms with Crippen LogP contribution in [0.25, 0.3) is 11.4 Å². The molecule has 1 N–H and O–H groups in total. The van der Waals surface area contributed by atoms with Crippen LogP contribution in [0, 0.1) is 0 Å². The molecule has 1 heterocycles. The molecule has 138 valence electrons. The van der Waals surface area contributed by atoms with Crippen molar-refractivity contribution in [2.24, 2.45) is 0 Å². The van der Waals surface area contributed by atoms with E-state index >= 15 is 0 Å². The molecule has 0 aliphatic heterocycles. The standard InChI is InChI=1S/C19H16ClN3O4/c1-26-19(25)12-5-7-15(8-6-12)21-16(24)9-10-17-22-18(23-27-17)13-3-2-4-14(20)11-13/h2-8,11H,9-10H2,1H3,(H,21,24). The van der Waals surface area contributed by atoms with Crippen molar-refractivity contribution < 1.29 is 18.8 Å². The molecule has 0 spiro atoms. The van der Waals surface area contributed by atoms with Crippen LogP contribution in [-0.2, 0) is 16.0 Å². The number of hydrogen-bond donors (Lipinski definition) is 1. The first-order valence-electron chi connectivity index (χ1n) is 8.12. The second kappa shape index (κ2) is 8.46. The van der Waals surface area contributed by atoms with Crippen LogP contribution in [0.5, 0.6) is 0 Å². The smallest absolute Gasteiger partial charge is 0.337 e. The van der Waals surface area contributed by atoms with E-state index in [1.165, 1.54) is 7.11 Å². The number of aromatic nitrogens is 2. The van der Waals surface area contributed by atoms with E-state index in [1.54, 1.807) is 42.5 Å². The minimum absolute atomic E-state index is 0.177. The second-order valence-electron chi connectivity index (χ2n) is 5.64. The molecule has 0 aliphatic carbocycles. The number of benzene rings is 2. The number of nitrogens with zero attached hydrogens (tertiary/aromatic N) is 2. The average Bonchev–Trinajstić information content (AvgIpc) is 3.15. The SMILES string of the molecule is COC(=O)c1ccc(NC(=O)CCc2nc(-c3cccc(Cl)c3)no2)cc1. The Bertz CT molecular complexity index is 954. The maximum absolute atomic E-state index is 12.1. The fourth-order valence-corrected chi connectivity index (χ4v) is 2.54. The van der Waals surface area contributed by atoms with Gasteiger partial charge in [0, 0.05) is 29.1 Å². The third-order valence-electron chi connectivity index (χ3n) is 3.71. The summed E-state index contributed by atoms with van der Waals surface area (Å²) in [6.45, 7) is 0. The van der Waals surface area contributed by atoms with E-state index in [2.05, 4.69) is 20.2 Å². The molecule has 2 aromatic carbocycles. The van der Waals surface area contributed by atoms with Gasteiger partial charge in [-0.1, -0.05) is 28.9 Å². The quantitative estimate of drug-likeness (QED) is 0.649. The third-order valence-corrected chi connectivity index (χ3v) is 3.94. The molecule has 27 heavy (non-hydrogen) atoms. The van der Waals surface area contributed by atoms with Crippen LogP contribution in [0.3, 0.4) is 0 Å². The molecule has 1 amide bonds. The Balaban J connectivity index is 1.54. The van der Waals surface area contributed by atoms with Crippen LogP contribution in [0.15, 0.2) is 53.1 Å². The van der Waals surface area contributed by atoms with Gasteiger partial charge in [0.25, 0.3) is 0 Å². The Morgan fingerprint density at radius 1 is 1.19 bits per heavy atom. The number of amides is 1. The van der Waals surface area contributed by atoms with E-state index < -0.39 is 5.97 Å². The van der Waals surface area contributed by atoms with Crippen molar-refractivity contribution in [2.75, 3.05) is 12.4 Å². The van der Waals surface area contributed by atoms with Crippen LogP contribution in [0.4, 0.5) is 5.69 Å². The molecule has 0 saturated carbocycles. The number of carbonyl (C=O) groups excluding carboxylic acids is 2. The lowest BCUT2D eigenvalue weighted by atomic mass is 10.2. The topological polar surface area (TPSA) is 94.3 Å². The van der Waals surface area contributed by atoms with Crippen LogP contribution >= 0.6 is 11.6 Å². The van der Waals surface area contributed by atoms with Crippen LogP contribution in [0.2, 0.25) is 5.02 Å². The van der Waals surface area contributed by atoms with Gasteiger partial charge in [-0.2, -0.15) is 4.98 Å². The highest BCUT2D eigenvalue weighted by Crippen LogP contribution is 2.20. The summed E-state index contributed by atoms with van der Waals surface area (Å²) in [4.78, 5) is 27.7. The largest absolute Gasteiger partial charge is 0.465 e. The molecule has 0 fully saturated rings. The van der Waals surface area contributed by atoms with Gasteiger partial charge in [-0.3, -0.25) is 4.79 Å². The van der Waals surface area contributed by atoms with E-state index in [-0.39, 0.29) is 12.3 Å². The summed E-state index contributed by atoms with van der Waals surface area (Å²) in [6, 6.07) is 13.5. The van der Waals surface area contributed by atoms with Gasteiger partial charge in [-0.05, 0) is 36.4 Å². The molecule has 3 rings (SSSR count). The summed E-state index contributed by atoms with van der Waals surface area (Å²) in [5.74, 6) is 0.149. The van der Waals surface area contributed by atoms with Crippen molar-refractivity contribution in [1.82, 2.24) is 10.1 Å². The number of hydrogen-bond acceptors (Lipinski definition) is 6. The third kappa shape index (κ3) is 4.92. The normalized spacial score (nSPS) is 10.4. The Labute approximate surface area is 160 Å². The Hall–Kier alpha value is -3.19. The Kier molecular flexibility index (Phi) is 5.83. The van der Waals surface area contributed by atoms with E-state index in [0.717, 1.165) is 5.56 Å². The highest BCUT2D eigenvalue weighted by Gasteiger charge is 2.12. The minimum atomic E-state index is -0.431. The number of rotatable bonds is 6. The fourth-order valence-electron chi connectivity index (χ4n) is 2.35. The fraction of sp³-hybridized carbons (Fsp3) is 0.158. The lowest BCUT2D eigenvalue weighted by Crippen LogP contribution is -2.12. The molecule has 0 saturated heterocycles. The van der Waals surface area contributed by atoms with Crippen molar-refractivity contribution in [3.05, 3.63) is 65.0 Å². The van der Waals surface area contributed by atoms with Gasteiger partial charge >= 0.3 is 5.97 Å². The van der Waals surface area contributed by atoms with E-state index in [1.807, 2.05) is 6.07 Å². The number of esters is 1. The molecule has 0 radical (unpaired) electrons. The zero-order valence-electron chi connectivity index (χ0n) is 14.4. The Morgan fingerprint density at radius 3 is 2.67 bits per heavy atom. The summed E-state index contributed by atoms with van der Waals surface area (Å²) < 4.78 is 9.81. The van der Waals surface area contributed by atoms with E-state index in [4.69, 9.17) is 16.1 Å². The monoisotopic (exact) mass is 385 g/mol. The summed E-state index contributed by atoms with van der Waals surface area (Å²) in [5, 5.41) is 7.23. The number of anilines is 1. The van der Waals surface area contributed by atoms with Crippen molar-refractivity contribution in [2.45, 2.75) is 12.8 Å². The zero-order chi connectivity index (χ0) is 19.2. The number of aryl methyl sites for hydroxylation is 1. The number of methoxy groups -OCH3 is 1. The highest BCUT2D eigenvalue weighted by molar-refractivity contribution is 6.30. The lowest BCUT2D eigenvalue weighted by Gasteiger charge is -2.05. The molecule has 7 nitrogen and oxygen atoms in total. The summed E-state index contributed by atoms with van der Waals surface area (Å²) in [5.41, 5.74) is 1.74. The van der Waals surface area contributed by atoms with Gasteiger partial charge < -0.3 is 14.6 Å². The first kappa shape index (κ1) is 18.6. The predicted octanol–water partition coefficient (Wildman–Crippen LogP) is 3.75. The zero-order valence-corrected chi connectivity index (χ0v) is 15.2. The Morgan fingerprint density at radius 2 is 1.96 bits per heavy atom. The van der Waals surface area contributed by atoms with Crippen molar-refractivity contribution in [3.8, 4) is 11.4 Å². The predicted molar refractivity (Wildman–Crippen MR) is 99.5 cm³/mol. The van der Waals surface area contributed by atoms with Crippen molar-refractivity contribution in [3.63, 3.8) is 0 Å². The first-order chi connectivity index (χ1) is 13.0. The molecular weight excluding hydrogens is 370 g/mol. The summed E-state index contributed by atoms with van der Waals surface area (Å²) >= 11 is 5.95. The average molecular weight is 386 g/mol. The maximum atomic E-state index is 12.1. The molecular formula is C19H16ClN3O4. The van der Waals surface area contributed by atoms with Crippen LogP contribution in [-0.4, -0.2) is 29.1 Å². The lowest BCUT2D eigenvalue weighted by molar-refractivity contribution is -0.116. The molecule has 1 aromatic heterocycles. The number of carbonyl (C=O) groups is 2. The summed E-state index contributed by atoms with van der Waals surface area (Å²) in [6.07, 6.45) is 0.482. The first-order valence-corrected chi connectivity index (χ1v) is 8.49. The highest BCUT2D eigenvalue weighted by atomic mass is 35.5. The van der Waals surface area contributed by atoms with Gasteiger partial charge in [0.1, 0.15) is 0 Å². The second-order valence-corrected chi connectivity index (χ2v) is 6.08. The van der Waals surface area contributed by atoms with Crippen molar-refractivity contribution in [1.29, 1.82) is 0 Å². The van der Waals surface area contributed by atoms with Crippen LogP contribution in [0.1, 0.15) is 22.7 Å². The minimum Gasteiger partial charge on any atom is -0.465 e. The van der Waals surface area contributed by atoms with E-state index in [0.29, 0.717) is 34.4 Å². The van der Waals surface area contributed by atoms with Gasteiger partial charge in [0.05, 0.1) is 12.7 Å². The summed E-state index contributed by atoms with van der Waals surface area (Å²) in [7, 11) is 1.31. The number of nitrogens with one attached hydrogen (secondary N) is 1. The van der Waals surface area contributed by atoms with Gasteiger partial charge in [-0.25, -0.2) is 4.79 Å². The molecule has 0 unspecified atom stereocenters. The molecule has 0 atom stereocenters. The molecule has 3 aromatic rings.